The fourth-order valence-electron chi connectivity index (χ4n) is 1.55. The summed E-state index contributed by atoms with van der Waals surface area (Å²) in [7, 11) is 0. The van der Waals surface area contributed by atoms with Crippen molar-refractivity contribution in [1.29, 1.82) is 0 Å². The molecule has 1 rings (SSSR count). The number of aromatic nitrogens is 1. The largest absolute Gasteiger partial charge is 0.478 e. The number of unbranched alkanes of at least 4 members (excludes halogenated alkanes) is 1. The molecule has 0 fully saturated rings. The third-order valence-corrected chi connectivity index (χ3v) is 2.41. The van der Waals surface area contributed by atoms with Gasteiger partial charge in [-0.05, 0) is 25.3 Å². The van der Waals surface area contributed by atoms with Gasteiger partial charge in [-0.1, -0.05) is 19.4 Å². The van der Waals surface area contributed by atoms with Crippen LogP contribution in [0.3, 0.4) is 0 Å². The number of aromatic carboxylic acids is 1. The zero-order valence-corrected chi connectivity index (χ0v) is 10.7. The lowest BCUT2D eigenvalue weighted by Crippen LogP contribution is -2.05. The van der Waals surface area contributed by atoms with Crippen molar-refractivity contribution in [3.05, 3.63) is 36.0 Å². The number of rotatable bonds is 8. The Morgan fingerprint density at radius 2 is 2.33 bits per heavy atom. The molecule has 18 heavy (non-hydrogen) atoms. The fourth-order valence-corrected chi connectivity index (χ4v) is 1.55. The molecule has 0 amide bonds. The number of ether oxygens (including phenoxy) is 1. The average molecular weight is 249 g/mol. The molecular weight excluding hydrogens is 230 g/mol. The summed E-state index contributed by atoms with van der Waals surface area (Å²) in [6, 6.07) is 3.07. The molecule has 4 heteroatoms. The average Bonchev–Trinajstić information content (AvgIpc) is 2.35. The van der Waals surface area contributed by atoms with E-state index in [-0.39, 0.29) is 5.56 Å². The lowest BCUT2D eigenvalue weighted by Gasteiger charge is -2.08. The van der Waals surface area contributed by atoms with Crippen molar-refractivity contribution in [3.8, 4) is 5.88 Å². The van der Waals surface area contributed by atoms with Gasteiger partial charge in [0.15, 0.2) is 0 Å². The van der Waals surface area contributed by atoms with Gasteiger partial charge in [0, 0.05) is 11.8 Å². The Bertz CT molecular complexity index is 416. The lowest BCUT2D eigenvalue weighted by atomic mass is 10.1. The maximum absolute atomic E-state index is 11.0. The van der Waals surface area contributed by atoms with Crippen LogP contribution < -0.4 is 4.74 Å². The van der Waals surface area contributed by atoms with E-state index in [2.05, 4.69) is 11.6 Å². The molecule has 0 aromatic carbocycles. The van der Waals surface area contributed by atoms with Gasteiger partial charge in [0.25, 0.3) is 0 Å². The highest BCUT2D eigenvalue weighted by molar-refractivity contribution is 5.88. The SMILES string of the molecule is C=CCCCOc1cc(C(=O)O)cc(CCC)n1. The third kappa shape index (κ3) is 4.57. The first-order valence-corrected chi connectivity index (χ1v) is 6.15. The van der Waals surface area contributed by atoms with E-state index in [0.717, 1.165) is 31.4 Å². The van der Waals surface area contributed by atoms with Gasteiger partial charge in [0.05, 0.1) is 12.2 Å². The molecule has 4 nitrogen and oxygen atoms in total. The molecule has 0 atom stereocenters. The number of aryl methyl sites for hydroxylation is 1. The quantitative estimate of drug-likeness (QED) is 0.568. The predicted octanol–water partition coefficient (Wildman–Crippen LogP) is 3.08. The topological polar surface area (TPSA) is 59.4 Å². The second kappa shape index (κ2) is 7.48. The zero-order chi connectivity index (χ0) is 13.4. The second-order valence-corrected chi connectivity index (χ2v) is 4.02. The molecular formula is C14H19NO3. The number of hydrogen-bond acceptors (Lipinski definition) is 3. The van der Waals surface area contributed by atoms with Gasteiger partial charge in [0.2, 0.25) is 5.88 Å². The van der Waals surface area contributed by atoms with E-state index in [4.69, 9.17) is 9.84 Å². The van der Waals surface area contributed by atoms with E-state index in [0.29, 0.717) is 12.5 Å². The Kier molecular flexibility index (Phi) is 5.91. The number of carboxylic acid groups (broad SMARTS) is 1. The normalized spacial score (nSPS) is 10.1. The highest BCUT2D eigenvalue weighted by Crippen LogP contribution is 2.14. The highest BCUT2D eigenvalue weighted by Gasteiger charge is 2.08. The second-order valence-electron chi connectivity index (χ2n) is 4.02. The third-order valence-electron chi connectivity index (χ3n) is 2.41. The summed E-state index contributed by atoms with van der Waals surface area (Å²) < 4.78 is 5.46. The Morgan fingerprint density at radius 1 is 1.56 bits per heavy atom. The standard InChI is InChI=1S/C14H19NO3/c1-3-5-6-8-18-13-10-11(14(16)17)9-12(15-13)7-4-2/h3,9-10H,1,4-8H2,2H3,(H,16,17). The number of carbonyl (C=O) groups is 1. The minimum Gasteiger partial charge on any atom is -0.478 e. The van der Waals surface area contributed by atoms with Crippen LogP contribution in [-0.2, 0) is 6.42 Å². The Hall–Kier alpha value is -1.84. The summed E-state index contributed by atoms with van der Waals surface area (Å²) >= 11 is 0. The van der Waals surface area contributed by atoms with Crippen LogP contribution in [0, 0.1) is 0 Å². The van der Waals surface area contributed by atoms with Crippen molar-refractivity contribution in [2.75, 3.05) is 6.61 Å². The van der Waals surface area contributed by atoms with Gasteiger partial charge in [-0.2, -0.15) is 0 Å². The van der Waals surface area contributed by atoms with Gasteiger partial charge in [0.1, 0.15) is 0 Å². The molecule has 0 saturated carbocycles. The summed E-state index contributed by atoms with van der Waals surface area (Å²) in [6.45, 7) is 6.18. The molecule has 0 radical (unpaired) electrons. The van der Waals surface area contributed by atoms with Crippen LogP contribution in [0.1, 0.15) is 42.2 Å². The maximum Gasteiger partial charge on any atom is 0.335 e. The summed E-state index contributed by atoms with van der Waals surface area (Å²) in [5.74, 6) is -0.562. The van der Waals surface area contributed by atoms with Crippen LogP contribution in [-0.4, -0.2) is 22.7 Å². The van der Waals surface area contributed by atoms with Crippen molar-refractivity contribution < 1.29 is 14.6 Å². The predicted molar refractivity (Wildman–Crippen MR) is 70.1 cm³/mol. The Labute approximate surface area is 107 Å². The molecule has 98 valence electrons. The van der Waals surface area contributed by atoms with Gasteiger partial charge in [-0.3, -0.25) is 0 Å². The van der Waals surface area contributed by atoms with Gasteiger partial charge in [-0.25, -0.2) is 9.78 Å². The molecule has 1 aromatic heterocycles. The van der Waals surface area contributed by atoms with Gasteiger partial charge in [-0.15, -0.1) is 6.58 Å². The lowest BCUT2D eigenvalue weighted by molar-refractivity contribution is 0.0696. The minimum atomic E-state index is -0.953. The molecule has 0 aliphatic heterocycles. The summed E-state index contributed by atoms with van der Waals surface area (Å²) in [5, 5.41) is 9.01. The number of hydrogen-bond donors (Lipinski definition) is 1. The maximum atomic E-state index is 11.0. The van der Waals surface area contributed by atoms with Crippen LogP contribution in [0.25, 0.3) is 0 Å². The van der Waals surface area contributed by atoms with Gasteiger partial charge >= 0.3 is 5.97 Å². The highest BCUT2D eigenvalue weighted by atomic mass is 16.5. The minimum absolute atomic E-state index is 0.229. The van der Waals surface area contributed by atoms with E-state index in [1.807, 2.05) is 13.0 Å². The van der Waals surface area contributed by atoms with E-state index in [1.165, 1.54) is 6.07 Å². The van der Waals surface area contributed by atoms with Crippen molar-refractivity contribution in [3.63, 3.8) is 0 Å². The monoisotopic (exact) mass is 249 g/mol. The summed E-state index contributed by atoms with van der Waals surface area (Å²) in [6.07, 6.45) is 5.23. The first-order valence-electron chi connectivity index (χ1n) is 6.15. The zero-order valence-electron chi connectivity index (χ0n) is 10.7. The molecule has 0 unspecified atom stereocenters. The van der Waals surface area contributed by atoms with Crippen LogP contribution in [0.2, 0.25) is 0 Å². The van der Waals surface area contributed by atoms with E-state index in [1.54, 1.807) is 6.07 Å². The first kappa shape index (κ1) is 14.2. The molecule has 0 spiro atoms. The Morgan fingerprint density at radius 3 is 2.94 bits per heavy atom. The smallest absolute Gasteiger partial charge is 0.335 e. The van der Waals surface area contributed by atoms with Gasteiger partial charge < -0.3 is 9.84 Å². The summed E-state index contributed by atoms with van der Waals surface area (Å²) in [5.41, 5.74) is 0.989. The molecule has 0 saturated heterocycles. The van der Waals surface area contributed by atoms with Crippen molar-refractivity contribution in [2.24, 2.45) is 0 Å². The van der Waals surface area contributed by atoms with Crippen LogP contribution in [0.15, 0.2) is 24.8 Å². The van der Waals surface area contributed by atoms with Crippen LogP contribution in [0.5, 0.6) is 5.88 Å². The van der Waals surface area contributed by atoms with E-state index in [9.17, 15) is 4.79 Å². The van der Waals surface area contributed by atoms with Crippen molar-refractivity contribution in [1.82, 2.24) is 4.98 Å². The number of carboxylic acids is 1. The van der Waals surface area contributed by atoms with E-state index >= 15 is 0 Å². The summed E-state index contributed by atoms with van der Waals surface area (Å²) in [4.78, 5) is 15.3. The molecule has 0 bridgehead atoms. The van der Waals surface area contributed by atoms with Crippen molar-refractivity contribution >= 4 is 5.97 Å². The molecule has 1 N–H and O–H groups in total. The van der Waals surface area contributed by atoms with E-state index < -0.39 is 5.97 Å². The number of allylic oxidation sites excluding steroid dienone is 1. The fraction of sp³-hybridized carbons (Fsp3) is 0.429. The molecule has 1 heterocycles. The first-order chi connectivity index (χ1) is 8.67. The molecule has 0 aliphatic rings. The molecule has 0 aliphatic carbocycles. The Balaban J connectivity index is 2.75. The number of nitrogens with zero attached hydrogens (tertiary/aromatic N) is 1. The van der Waals surface area contributed by atoms with Crippen LogP contribution >= 0.6 is 0 Å². The number of pyridine rings is 1. The van der Waals surface area contributed by atoms with Crippen LogP contribution in [0.4, 0.5) is 0 Å². The van der Waals surface area contributed by atoms with Crippen molar-refractivity contribution in [2.45, 2.75) is 32.6 Å². The molecule has 1 aromatic rings.